The first-order valence-electron chi connectivity index (χ1n) is 16.3. The van der Waals surface area contributed by atoms with Gasteiger partial charge in [-0.1, -0.05) is 12.1 Å². The van der Waals surface area contributed by atoms with Gasteiger partial charge in [-0.05, 0) is 51.6 Å². The summed E-state index contributed by atoms with van der Waals surface area (Å²) in [4.78, 5) is 14.8. The molecule has 0 bridgehead atoms. The van der Waals surface area contributed by atoms with Gasteiger partial charge in [-0.2, -0.15) is 28.4 Å². The maximum Gasteiger partial charge on any atom is 0.420 e. The van der Waals surface area contributed by atoms with Crippen LogP contribution in [0, 0.1) is 23.0 Å². The number of pyridine rings is 1. The van der Waals surface area contributed by atoms with E-state index in [1.807, 2.05) is 13.1 Å². The van der Waals surface area contributed by atoms with Gasteiger partial charge in [0.05, 0.1) is 34.3 Å². The number of anilines is 3. The van der Waals surface area contributed by atoms with E-state index in [2.05, 4.69) is 20.3 Å². The summed E-state index contributed by atoms with van der Waals surface area (Å²) in [7, 11) is 3.38. The number of nitrogen functional groups attached to an aromatic ring is 2. The molecule has 3 atom stereocenters. The molecule has 5 N–H and O–H groups in total. The molecular formula is C35H35F5N8O3S. The molecule has 0 fully saturated rings. The molecule has 5 aromatic rings. The van der Waals surface area contributed by atoms with Crippen LogP contribution in [0.5, 0.6) is 11.8 Å². The monoisotopic (exact) mass is 742 g/mol. The van der Waals surface area contributed by atoms with Gasteiger partial charge in [-0.25, -0.2) is 13.8 Å². The molecule has 6 rings (SSSR count). The zero-order valence-electron chi connectivity index (χ0n) is 28.6. The van der Waals surface area contributed by atoms with Crippen LogP contribution in [0.1, 0.15) is 49.4 Å². The Morgan fingerprint density at radius 3 is 2.60 bits per heavy atom. The van der Waals surface area contributed by atoms with Gasteiger partial charge < -0.3 is 35.9 Å². The highest BCUT2D eigenvalue weighted by Gasteiger charge is 2.44. The number of alkyl halides is 3. The fourth-order valence-electron chi connectivity index (χ4n) is 6.62. The highest BCUT2D eigenvalue weighted by Crippen LogP contribution is 2.53. The molecule has 1 aliphatic rings. The van der Waals surface area contributed by atoms with Crippen molar-refractivity contribution in [1.29, 1.82) is 5.26 Å². The summed E-state index contributed by atoms with van der Waals surface area (Å²) in [6.45, 7) is 3.89. The number of rotatable bonds is 11. The number of thiophene rings is 1. The quantitative estimate of drug-likeness (QED) is 0.120. The number of nitriles is 1. The summed E-state index contributed by atoms with van der Waals surface area (Å²) in [6, 6.07) is 6.17. The molecule has 4 heterocycles. The fourth-order valence-corrected chi connectivity index (χ4v) is 7.57. The lowest BCUT2D eigenvalue weighted by atomic mass is 9.91. The Hall–Kier alpha value is -5.05. The molecule has 3 aromatic heterocycles. The Morgan fingerprint density at radius 2 is 1.92 bits per heavy atom. The molecule has 11 nitrogen and oxygen atoms in total. The van der Waals surface area contributed by atoms with E-state index in [1.54, 1.807) is 38.0 Å². The number of hydrogen-bond donors (Lipinski definition) is 3. The molecule has 17 heteroatoms. The van der Waals surface area contributed by atoms with Crippen LogP contribution in [-0.2, 0) is 10.9 Å². The maximum absolute atomic E-state index is 17.3. The normalized spacial score (nSPS) is 14.9. The van der Waals surface area contributed by atoms with Crippen LogP contribution in [0.25, 0.3) is 32.1 Å². The van der Waals surface area contributed by atoms with Gasteiger partial charge in [0, 0.05) is 36.2 Å². The molecule has 3 unspecified atom stereocenters. The van der Waals surface area contributed by atoms with Crippen LogP contribution < -0.4 is 31.2 Å². The summed E-state index contributed by atoms with van der Waals surface area (Å²) in [5.74, 6) is -2.88. The van der Waals surface area contributed by atoms with E-state index in [4.69, 9.17) is 25.7 Å². The molecule has 2 aromatic carbocycles. The number of halogens is 5. The number of hydrogen-bond acceptors (Lipinski definition) is 12. The number of methoxy groups -OCH3 is 1. The van der Waals surface area contributed by atoms with E-state index in [9.17, 15) is 5.26 Å². The van der Waals surface area contributed by atoms with E-state index < -0.39 is 57.9 Å². The summed E-state index contributed by atoms with van der Waals surface area (Å²) < 4.78 is 95.9. The summed E-state index contributed by atoms with van der Waals surface area (Å²) in [5, 5.41) is 12.2. The lowest BCUT2D eigenvalue weighted by molar-refractivity contribution is -0.138. The Morgan fingerprint density at radius 1 is 1.15 bits per heavy atom. The average molecular weight is 743 g/mol. The minimum atomic E-state index is -5.22. The number of nitrogens with one attached hydrogen (secondary N) is 1. The third kappa shape index (κ3) is 6.57. The number of nitrogens with zero attached hydrogens (tertiary/aromatic N) is 5. The fraction of sp³-hybridized carbons (Fsp3) is 0.371. The van der Waals surface area contributed by atoms with E-state index in [0.717, 1.165) is 12.1 Å². The smallest absolute Gasteiger partial charge is 0.420 e. The number of benzene rings is 2. The first kappa shape index (κ1) is 36.7. The molecular weight excluding hydrogens is 707 g/mol. The van der Waals surface area contributed by atoms with Crippen molar-refractivity contribution in [3.8, 4) is 29.0 Å². The standard InChI is InChI=1S/C35H35F5N8O3S/c1-16(14-18(49-4)9-11-44-3)51-34-46-28-25-29(50-13-12-48(33(25)47-34)17(2)19-6-5-10-45-31(19)42)26(35(38,39)40)24(27(28)37)20-7-8-22(36)30-23(20)21(15-41)32(43)52-30/h5-8,10,16-18,44H,9,11-14,43H2,1-4H3,(H2,42,45). The topological polar surface area (TPSA) is 157 Å². The zero-order chi connectivity index (χ0) is 37.5. The predicted molar refractivity (Wildman–Crippen MR) is 188 cm³/mol. The highest BCUT2D eigenvalue weighted by molar-refractivity contribution is 7.23. The first-order chi connectivity index (χ1) is 24.8. The van der Waals surface area contributed by atoms with Gasteiger partial charge in [0.25, 0.3) is 0 Å². The summed E-state index contributed by atoms with van der Waals surface area (Å²) >= 11 is 0.675. The van der Waals surface area contributed by atoms with Crippen LogP contribution in [0.4, 0.5) is 38.6 Å². The van der Waals surface area contributed by atoms with E-state index in [0.29, 0.717) is 36.3 Å². The lowest BCUT2D eigenvalue weighted by Crippen LogP contribution is -2.31. The molecule has 0 aliphatic carbocycles. The minimum Gasteiger partial charge on any atom is -0.490 e. The van der Waals surface area contributed by atoms with E-state index in [1.165, 1.54) is 6.20 Å². The molecule has 274 valence electrons. The number of nitrogens with two attached hydrogens (primary N) is 2. The SMILES string of the molecule is CNCCC(CC(C)Oc1nc2c3c(c(C(F)(F)F)c(-c4ccc(F)c5sc(N)c(C#N)c45)c(F)c3n1)OCCN2C(C)c1cccnc1N)OC. The van der Waals surface area contributed by atoms with E-state index in [-0.39, 0.29) is 62.9 Å². The largest absolute Gasteiger partial charge is 0.490 e. The average Bonchev–Trinajstić information content (AvgIpc) is 3.33. The van der Waals surface area contributed by atoms with Gasteiger partial charge in [-0.15, -0.1) is 11.3 Å². The van der Waals surface area contributed by atoms with Crippen molar-refractivity contribution >= 4 is 49.0 Å². The first-order valence-corrected chi connectivity index (χ1v) is 17.1. The molecule has 0 saturated carbocycles. The van der Waals surface area contributed by atoms with Crippen LogP contribution in [0.15, 0.2) is 30.5 Å². The molecule has 0 spiro atoms. The molecule has 0 amide bonds. The number of ether oxygens (including phenoxy) is 3. The van der Waals surface area contributed by atoms with Crippen molar-refractivity contribution in [2.75, 3.05) is 50.2 Å². The Labute approximate surface area is 299 Å². The van der Waals surface area contributed by atoms with Gasteiger partial charge in [0.15, 0.2) is 5.82 Å². The number of aromatic nitrogens is 3. The van der Waals surface area contributed by atoms with Crippen LogP contribution in [0.3, 0.4) is 0 Å². The van der Waals surface area contributed by atoms with Gasteiger partial charge in [-0.3, -0.25) is 0 Å². The Kier molecular flexibility index (Phi) is 10.3. The minimum absolute atomic E-state index is 0.00422. The third-order valence-electron chi connectivity index (χ3n) is 9.07. The summed E-state index contributed by atoms with van der Waals surface area (Å²) in [5.41, 5.74) is 9.06. The Bertz CT molecular complexity index is 2190. The Balaban J connectivity index is 1.67. The van der Waals surface area contributed by atoms with Crippen molar-refractivity contribution in [2.24, 2.45) is 0 Å². The molecule has 1 aliphatic heterocycles. The molecule has 52 heavy (non-hydrogen) atoms. The van der Waals surface area contributed by atoms with Gasteiger partial charge in [0.1, 0.15) is 58.1 Å². The van der Waals surface area contributed by atoms with Gasteiger partial charge >= 0.3 is 12.2 Å². The zero-order valence-corrected chi connectivity index (χ0v) is 29.4. The highest BCUT2D eigenvalue weighted by atomic mass is 32.1. The van der Waals surface area contributed by atoms with Crippen LogP contribution >= 0.6 is 11.3 Å². The van der Waals surface area contributed by atoms with Crippen molar-refractivity contribution < 1.29 is 36.2 Å². The van der Waals surface area contributed by atoms with Crippen molar-refractivity contribution in [3.63, 3.8) is 0 Å². The second-order valence-corrected chi connectivity index (χ2v) is 13.4. The van der Waals surface area contributed by atoms with Crippen molar-refractivity contribution in [2.45, 2.75) is 51.1 Å². The van der Waals surface area contributed by atoms with E-state index >= 15 is 22.0 Å². The molecule has 0 radical (unpaired) electrons. The third-order valence-corrected chi connectivity index (χ3v) is 10.1. The lowest BCUT2D eigenvalue weighted by Gasteiger charge is -2.30. The van der Waals surface area contributed by atoms with Crippen LogP contribution in [-0.4, -0.2) is 61.0 Å². The predicted octanol–water partition coefficient (Wildman–Crippen LogP) is 6.98. The van der Waals surface area contributed by atoms with Crippen molar-refractivity contribution in [1.82, 2.24) is 20.3 Å². The summed E-state index contributed by atoms with van der Waals surface area (Å²) in [6.07, 6.45) is -3.46. The second kappa shape index (κ2) is 14.5. The van der Waals surface area contributed by atoms with Crippen molar-refractivity contribution in [3.05, 3.63) is 58.8 Å². The van der Waals surface area contributed by atoms with Crippen LogP contribution in [0.2, 0.25) is 0 Å². The number of fused-ring (bicyclic) bond motifs is 1. The molecule has 0 saturated heterocycles. The maximum atomic E-state index is 17.3. The second-order valence-electron chi connectivity index (χ2n) is 12.3. The van der Waals surface area contributed by atoms with Gasteiger partial charge in [0.2, 0.25) is 0 Å².